The Labute approximate surface area is 45.9 Å². The van der Waals surface area contributed by atoms with E-state index in [1.807, 2.05) is 0 Å². The smallest absolute Gasteiger partial charge is 0.136 e. The van der Waals surface area contributed by atoms with Gasteiger partial charge in [-0.15, -0.1) is 0 Å². The van der Waals surface area contributed by atoms with Crippen LogP contribution in [0.25, 0.3) is 0 Å². The number of halogens is 1. The number of aliphatic hydroxyl groups is 1. The fourth-order valence-electron chi connectivity index (χ4n) is 0.517. The molecule has 1 rings (SSSR count). The zero-order chi connectivity index (χ0) is 5.28. The molecule has 42 valence electrons. The predicted octanol–water partition coefficient (Wildman–Crippen LogP) is 0.432. The van der Waals surface area contributed by atoms with Crippen molar-refractivity contribution < 1.29 is 9.50 Å². The summed E-state index contributed by atoms with van der Waals surface area (Å²) in [5.74, 6) is 1.04. The molecule has 0 aromatic heterocycles. The Morgan fingerprint density at radius 2 is 2.29 bits per heavy atom. The molecule has 0 saturated carbocycles. The zero-order valence-corrected chi connectivity index (χ0v) is 4.62. The highest BCUT2D eigenvalue weighted by Gasteiger charge is 2.24. The van der Waals surface area contributed by atoms with Crippen LogP contribution in [0.1, 0.15) is 0 Å². The van der Waals surface area contributed by atoms with Gasteiger partial charge in [-0.2, -0.15) is 11.8 Å². The van der Waals surface area contributed by atoms with Gasteiger partial charge in [-0.25, -0.2) is 4.39 Å². The second kappa shape index (κ2) is 2.01. The van der Waals surface area contributed by atoms with E-state index in [-0.39, 0.29) is 0 Å². The van der Waals surface area contributed by atoms with Crippen LogP contribution in [0.2, 0.25) is 0 Å². The van der Waals surface area contributed by atoms with Crippen molar-refractivity contribution in [3.63, 3.8) is 0 Å². The van der Waals surface area contributed by atoms with Gasteiger partial charge >= 0.3 is 0 Å². The van der Waals surface area contributed by atoms with Gasteiger partial charge in [-0.1, -0.05) is 0 Å². The minimum Gasteiger partial charge on any atom is -0.389 e. The lowest BCUT2D eigenvalue weighted by atomic mass is 10.3. The molecule has 0 aromatic rings. The standard InChI is InChI=1S/C4H7FOS/c5-3-1-7-2-4(3)6/h3-4,6H,1-2H2/t3-,4+/m1/s1. The Hall–Kier alpha value is 0.240. The summed E-state index contributed by atoms with van der Waals surface area (Å²) < 4.78 is 12.0. The van der Waals surface area contributed by atoms with Gasteiger partial charge in [0.25, 0.3) is 0 Å². The summed E-state index contributed by atoms with van der Waals surface area (Å²) in [6.45, 7) is 0. The average Bonchev–Trinajstić information content (AvgIpc) is 1.91. The van der Waals surface area contributed by atoms with Crippen molar-refractivity contribution >= 4 is 11.8 Å². The van der Waals surface area contributed by atoms with Crippen LogP contribution < -0.4 is 0 Å². The van der Waals surface area contributed by atoms with Crippen LogP contribution in [0.5, 0.6) is 0 Å². The largest absolute Gasteiger partial charge is 0.389 e. The van der Waals surface area contributed by atoms with Crippen LogP contribution in [0.3, 0.4) is 0 Å². The van der Waals surface area contributed by atoms with E-state index in [0.29, 0.717) is 11.5 Å². The number of aliphatic hydroxyl groups excluding tert-OH is 1. The molecule has 0 radical (unpaired) electrons. The third-order valence-electron chi connectivity index (χ3n) is 0.983. The average molecular weight is 122 g/mol. The van der Waals surface area contributed by atoms with Crippen molar-refractivity contribution in [2.24, 2.45) is 0 Å². The van der Waals surface area contributed by atoms with Crippen molar-refractivity contribution in [3.8, 4) is 0 Å². The van der Waals surface area contributed by atoms with Crippen molar-refractivity contribution in [1.29, 1.82) is 0 Å². The van der Waals surface area contributed by atoms with E-state index >= 15 is 0 Å². The molecule has 0 aromatic carbocycles. The van der Waals surface area contributed by atoms with Crippen LogP contribution in [0.15, 0.2) is 0 Å². The van der Waals surface area contributed by atoms with Crippen molar-refractivity contribution in [2.45, 2.75) is 12.3 Å². The van der Waals surface area contributed by atoms with Crippen molar-refractivity contribution in [1.82, 2.24) is 0 Å². The molecule has 0 amide bonds. The van der Waals surface area contributed by atoms with Gasteiger partial charge in [0.15, 0.2) is 0 Å². The Bertz CT molecular complexity index is 60.7. The summed E-state index contributed by atoms with van der Waals surface area (Å²) in [6.07, 6.45) is -1.66. The van der Waals surface area contributed by atoms with E-state index in [4.69, 9.17) is 5.11 Å². The van der Waals surface area contributed by atoms with Crippen LogP contribution in [0.4, 0.5) is 4.39 Å². The molecule has 1 heterocycles. The van der Waals surface area contributed by atoms with Crippen molar-refractivity contribution in [2.75, 3.05) is 11.5 Å². The lowest BCUT2D eigenvalue weighted by molar-refractivity contribution is 0.118. The normalized spacial score (nSPS) is 42.0. The number of hydrogen-bond acceptors (Lipinski definition) is 2. The summed E-state index contributed by atoms with van der Waals surface area (Å²) in [6, 6.07) is 0. The van der Waals surface area contributed by atoms with Gasteiger partial charge in [0.05, 0.1) is 6.10 Å². The topological polar surface area (TPSA) is 20.2 Å². The second-order valence-corrected chi connectivity index (χ2v) is 2.70. The monoisotopic (exact) mass is 122 g/mol. The summed E-state index contributed by atoms with van der Waals surface area (Å²) in [4.78, 5) is 0. The Morgan fingerprint density at radius 3 is 2.43 bits per heavy atom. The molecule has 1 N–H and O–H groups in total. The molecular formula is C4H7FOS. The number of hydrogen-bond donors (Lipinski definition) is 1. The highest BCUT2D eigenvalue weighted by molar-refractivity contribution is 7.99. The summed E-state index contributed by atoms with van der Waals surface area (Å²) in [5, 5.41) is 8.60. The van der Waals surface area contributed by atoms with Gasteiger partial charge < -0.3 is 5.11 Å². The second-order valence-electron chi connectivity index (χ2n) is 1.62. The zero-order valence-electron chi connectivity index (χ0n) is 3.80. The van der Waals surface area contributed by atoms with E-state index in [1.54, 1.807) is 0 Å². The molecule has 1 nitrogen and oxygen atoms in total. The minimum absolute atomic E-state index is 0.473. The first kappa shape index (κ1) is 5.38. The fraction of sp³-hybridized carbons (Fsp3) is 1.00. The number of rotatable bonds is 0. The maximum absolute atomic E-state index is 12.0. The van der Waals surface area contributed by atoms with Crippen LogP contribution in [-0.4, -0.2) is 28.9 Å². The molecule has 1 aliphatic heterocycles. The Kier molecular flexibility index (Phi) is 1.54. The first-order valence-corrected chi connectivity index (χ1v) is 3.36. The van der Waals surface area contributed by atoms with E-state index in [1.165, 1.54) is 11.8 Å². The van der Waals surface area contributed by atoms with Crippen LogP contribution in [0, 0.1) is 0 Å². The Balaban J connectivity index is 2.33. The van der Waals surface area contributed by atoms with E-state index < -0.39 is 12.3 Å². The van der Waals surface area contributed by atoms with E-state index in [0.717, 1.165) is 0 Å². The molecule has 0 spiro atoms. The third-order valence-corrected chi connectivity index (χ3v) is 2.11. The molecule has 1 saturated heterocycles. The van der Waals surface area contributed by atoms with Gasteiger partial charge in [-0.3, -0.25) is 0 Å². The van der Waals surface area contributed by atoms with Crippen LogP contribution in [-0.2, 0) is 0 Å². The van der Waals surface area contributed by atoms with Gasteiger partial charge in [0, 0.05) is 11.5 Å². The maximum atomic E-state index is 12.0. The molecule has 7 heavy (non-hydrogen) atoms. The molecule has 0 unspecified atom stereocenters. The molecule has 1 fully saturated rings. The number of alkyl halides is 1. The summed E-state index contributed by atoms with van der Waals surface area (Å²) in [5.41, 5.74) is 0. The lowest BCUT2D eigenvalue weighted by Crippen LogP contribution is -2.17. The molecule has 0 aliphatic carbocycles. The highest BCUT2D eigenvalue weighted by Crippen LogP contribution is 2.19. The van der Waals surface area contributed by atoms with E-state index in [2.05, 4.69) is 0 Å². The SMILES string of the molecule is O[C@H]1CSC[C@H]1F. The summed E-state index contributed by atoms with van der Waals surface area (Å²) in [7, 11) is 0. The third kappa shape index (κ3) is 1.07. The highest BCUT2D eigenvalue weighted by atomic mass is 32.2. The van der Waals surface area contributed by atoms with E-state index in [9.17, 15) is 4.39 Å². The number of thioether (sulfide) groups is 1. The lowest BCUT2D eigenvalue weighted by Gasteiger charge is -1.98. The molecule has 2 atom stereocenters. The fourth-order valence-corrected chi connectivity index (χ4v) is 1.55. The van der Waals surface area contributed by atoms with Gasteiger partial charge in [0.2, 0.25) is 0 Å². The molecular weight excluding hydrogens is 115 g/mol. The predicted molar refractivity (Wildman–Crippen MR) is 28.2 cm³/mol. The maximum Gasteiger partial charge on any atom is 0.136 e. The van der Waals surface area contributed by atoms with Crippen molar-refractivity contribution in [3.05, 3.63) is 0 Å². The minimum atomic E-state index is -0.968. The quantitative estimate of drug-likeness (QED) is 0.503. The van der Waals surface area contributed by atoms with Gasteiger partial charge in [-0.05, 0) is 0 Å². The molecule has 3 heteroatoms. The molecule has 0 bridgehead atoms. The van der Waals surface area contributed by atoms with Gasteiger partial charge in [0.1, 0.15) is 6.17 Å². The summed E-state index contributed by atoms with van der Waals surface area (Å²) >= 11 is 1.47. The molecule has 1 aliphatic rings. The first-order chi connectivity index (χ1) is 3.30. The van der Waals surface area contributed by atoms with Crippen LogP contribution >= 0.6 is 11.8 Å². The Morgan fingerprint density at radius 1 is 1.57 bits per heavy atom. The first-order valence-electron chi connectivity index (χ1n) is 2.20.